The van der Waals surface area contributed by atoms with Crippen molar-refractivity contribution in [3.05, 3.63) is 31.7 Å². The third kappa shape index (κ3) is 2.22. The summed E-state index contributed by atoms with van der Waals surface area (Å²) in [6.45, 7) is 0. The highest BCUT2D eigenvalue weighted by atomic mass is 79.9. The van der Waals surface area contributed by atoms with Crippen LogP contribution in [0.15, 0.2) is 21.1 Å². The molecule has 0 aliphatic rings. The molecule has 0 spiro atoms. The maximum absolute atomic E-state index is 8.46. The molecule has 0 aliphatic carbocycles. The molecule has 0 fully saturated rings. The minimum absolute atomic E-state index is 0.397. The predicted molar refractivity (Wildman–Crippen MR) is 56.2 cm³/mol. The van der Waals surface area contributed by atoms with E-state index >= 15 is 0 Å². The van der Waals surface area contributed by atoms with E-state index in [1.54, 1.807) is 0 Å². The summed E-state index contributed by atoms with van der Waals surface area (Å²) in [5.74, 6) is 0. The van der Waals surface area contributed by atoms with E-state index in [1.165, 1.54) is 0 Å². The molecule has 0 bridgehead atoms. The Morgan fingerprint density at radius 1 is 1.33 bits per heavy atom. The number of hydrogen-bond acceptors (Lipinski definition) is 1. The molecule has 0 saturated heterocycles. The van der Waals surface area contributed by atoms with E-state index in [1.807, 2.05) is 12.1 Å². The molecule has 0 aromatic heterocycles. The van der Waals surface area contributed by atoms with Gasteiger partial charge in [0.15, 0.2) is 0 Å². The van der Waals surface area contributed by atoms with E-state index < -0.39 is 0 Å². The normalized spacial score (nSPS) is 9.50. The minimum Gasteiger partial charge on any atom is -0.198 e. The number of nitrogens with zero attached hydrogens (tertiary/aromatic N) is 1. The van der Waals surface area contributed by atoms with Crippen molar-refractivity contribution in [2.45, 2.75) is 6.42 Å². The van der Waals surface area contributed by atoms with E-state index in [2.05, 4.69) is 37.9 Å². The molecule has 62 valence electrons. The van der Waals surface area contributed by atoms with Crippen LogP contribution in [-0.2, 0) is 6.42 Å². The first kappa shape index (κ1) is 10.0. The molecule has 0 aliphatic heterocycles. The minimum atomic E-state index is 0.397. The Morgan fingerprint density at radius 2 is 1.83 bits per heavy atom. The SMILES string of the molecule is N#CCc1cc(Br)c(Cl)c(Br)c1. The Hall–Kier alpha value is -0.0400. The van der Waals surface area contributed by atoms with Gasteiger partial charge >= 0.3 is 0 Å². The van der Waals surface area contributed by atoms with Crippen LogP contribution in [0.3, 0.4) is 0 Å². The maximum Gasteiger partial charge on any atom is 0.0690 e. The van der Waals surface area contributed by atoms with Crippen LogP contribution in [0.1, 0.15) is 5.56 Å². The quantitative estimate of drug-likeness (QED) is 0.721. The second-order valence-electron chi connectivity index (χ2n) is 2.21. The lowest BCUT2D eigenvalue weighted by atomic mass is 10.2. The monoisotopic (exact) mass is 307 g/mol. The second-order valence-corrected chi connectivity index (χ2v) is 4.29. The average molecular weight is 309 g/mol. The molecule has 0 heterocycles. The molecule has 0 atom stereocenters. The van der Waals surface area contributed by atoms with Gasteiger partial charge in [0.1, 0.15) is 0 Å². The van der Waals surface area contributed by atoms with E-state index in [4.69, 9.17) is 16.9 Å². The van der Waals surface area contributed by atoms with Crippen molar-refractivity contribution < 1.29 is 0 Å². The average Bonchev–Trinajstić information content (AvgIpc) is 2.01. The third-order valence-electron chi connectivity index (χ3n) is 1.33. The van der Waals surface area contributed by atoms with Crippen LogP contribution in [0.2, 0.25) is 5.02 Å². The highest BCUT2D eigenvalue weighted by Crippen LogP contribution is 2.31. The van der Waals surface area contributed by atoms with Gasteiger partial charge in [0.05, 0.1) is 17.5 Å². The maximum atomic E-state index is 8.46. The smallest absolute Gasteiger partial charge is 0.0690 e. The van der Waals surface area contributed by atoms with Crippen molar-refractivity contribution in [2.75, 3.05) is 0 Å². The lowest BCUT2D eigenvalue weighted by Crippen LogP contribution is -1.83. The lowest BCUT2D eigenvalue weighted by molar-refractivity contribution is 1.25. The van der Waals surface area contributed by atoms with Crippen molar-refractivity contribution >= 4 is 43.5 Å². The molecule has 4 heteroatoms. The molecular formula is C8H4Br2ClN. The van der Waals surface area contributed by atoms with E-state index in [-0.39, 0.29) is 0 Å². The third-order valence-corrected chi connectivity index (χ3v) is 3.44. The number of halogens is 3. The number of nitriles is 1. The van der Waals surface area contributed by atoms with Crippen molar-refractivity contribution in [1.29, 1.82) is 5.26 Å². The first-order chi connectivity index (χ1) is 5.65. The van der Waals surface area contributed by atoms with Crippen molar-refractivity contribution in [3.63, 3.8) is 0 Å². The highest BCUT2D eigenvalue weighted by molar-refractivity contribution is 9.11. The summed E-state index contributed by atoms with van der Waals surface area (Å²) in [6, 6.07) is 5.76. The largest absolute Gasteiger partial charge is 0.198 e. The zero-order valence-corrected chi connectivity index (χ0v) is 9.87. The predicted octanol–water partition coefficient (Wildman–Crippen LogP) is 3.93. The Kier molecular flexibility index (Phi) is 3.57. The van der Waals surface area contributed by atoms with Crippen LogP contribution >= 0.6 is 43.5 Å². The first-order valence-corrected chi connectivity index (χ1v) is 5.12. The molecule has 1 rings (SSSR count). The zero-order valence-electron chi connectivity index (χ0n) is 5.94. The fourth-order valence-corrected chi connectivity index (χ4v) is 2.19. The molecule has 12 heavy (non-hydrogen) atoms. The summed E-state index contributed by atoms with van der Waals surface area (Å²) >= 11 is 12.5. The number of hydrogen-bond donors (Lipinski definition) is 0. The fraction of sp³-hybridized carbons (Fsp3) is 0.125. The fourth-order valence-electron chi connectivity index (χ4n) is 0.801. The Labute approximate surface area is 92.6 Å². The molecule has 0 amide bonds. The molecule has 1 nitrogen and oxygen atoms in total. The van der Waals surface area contributed by atoms with E-state index in [9.17, 15) is 0 Å². The van der Waals surface area contributed by atoms with Gasteiger partial charge in [0, 0.05) is 8.95 Å². The lowest BCUT2D eigenvalue weighted by Gasteiger charge is -2.01. The molecule has 1 aromatic rings. The van der Waals surface area contributed by atoms with Gasteiger partial charge in [-0.3, -0.25) is 0 Å². The van der Waals surface area contributed by atoms with Gasteiger partial charge in [-0.15, -0.1) is 0 Å². The molecular weight excluding hydrogens is 305 g/mol. The summed E-state index contributed by atoms with van der Waals surface area (Å²) in [6.07, 6.45) is 0.397. The van der Waals surface area contributed by atoms with Gasteiger partial charge in [-0.2, -0.15) is 5.26 Å². The molecule has 0 saturated carbocycles. The summed E-state index contributed by atoms with van der Waals surface area (Å²) in [5.41, 5.74) is 0.945. The van der Waals surface area contributed by atoms with Crippen LogP contribution in [0, 0.1) is 11.3 Å². The summed E-state index contributed by atoms with van der Waals surface area (Å²) in [5, 5.41) is 9.09. The standard InChI is InChI=1S/C8H4Br2ClN/c9-6-3-5(1-2-12)4-7(10)8(6)11/h3-4H,1H2. The molecule has 0 N–H and O–H groups in total. The summed E-state index contributed by atoms with van der Waals surface area (Å²) in [4.78, 5) is 0. The van der Waals surface area contributed by atoms with Crippen molar-refractivity contribution in [1.82, 2.24) is 0 Å². The van der Waals surface area contributed by atoms with Crippen LogP contribution in [0.4, 0.5) is 0 Å². The Balaban J connectivity index is 3.14. The Morgan fingerprint density at radius 3 is 2.25 bits per heavy atom. The van der Waals surface area contributed by atoms with Gasteiger partial charge in [0.25, 0.3) is 0 Å². The topological polar surface area (TPSA) is 23.8 Å². The van der Waals surface area contributed by atoms with Crippen LogP contribution < -0.4 is 0 Å². The first-order valence-electron chi connectivity index (χ1n) is 3.15. The number of benzene rings is 1. The molecule has 0 radical (unpaired) electrons. The number of rotatable bonds is 1. The van der Waals surface area contributed by atoms with Crippen LogP contribution in [-0.4, -0.2) is 0 Å². The van der Waals surface area contributed by atoms with Crippen molar-refractivity contribution in [2.24, 2.45) is 0 Å². The van der Waals surface area contributed by atoms with Gasteiger partial charge in [-0.05, 0) is 49.6 Å². The molecule has 0 unspecified atom stereocenters. The van der Waals surface area contributed by atoms with Crippen molar-refractivity contribution in [3.8, 4) is 6.07 Å². The highest BCUT2D eigenvalue weighted by Gasteiger charge is 2.04. The summed E-state index contributed by atoms with van der Waals surface area (Å²) < 4.78 is 1.62. The van der Waals surface area contributed by atoms with Gasteiger partial charge in [0.2, 0.25) is 0 Å². The van der Waals surface area contributed by atoms with E-state index in [0.717, 1.165) is 14.5 Å². The van der Waals surface area contributed by atoms with Crippen LogP contribution in [0.5, 0.6) is 0 Å². The van der Waals surface area contributed by atoms with E-state index in [0.29, 0.717) is 11.4 Å². The summed E-state index contributed by atoms with van der Waals surface area (Å²) in [7, 11) is 0. The second kappa shape index (κ2) is 4.27. The van der Waals surface area contributed by atoms with Crippen LogP contribution in [0.25, 0.3) is 0 Å². The zero-order chi connectivity index (χ0) is 9.14. The van der Waals surface area contributed by atoms with Gasteiger partial charge in [-0.1, -0.05) is 11.6 Å². The van der Waals surface area contributed by atoms with Gasteiger partial charge < -0.3 is 0 Å². The Bertz CT molecular complexity index is 320. The molecule has 1 aromatic carbocycles. The van der Waals surface area contributed by atoms with Gasteiger partial charge in [-0.25, -0.2) is 0 Å².